The first-order valence-electron chi connectivity index (χ1n) is 8.08. The van der Waals surface area contributed by atoms with E-state index in [0.717, 1.165) is 13.0 Å². The molecular weight excluding hydrogens is 254 g/mol. The van der Waals surface area contributed by atoms with Crippen molar-refractivity contribution in [1.29, 1.82) is 0 Å². The van der Waals surface area contributed by atoms with E-state index in [1.165, 1.54) is 22.3 Å². The van der Waals surface area contributed by atoms with Gasteiger partial charge in [0.05, 0.1) is 6.04 Å². The molecule has 0 radical (unpaired) electrons. The highest BCUT2D eigenvalue weighted by Crippen LogP contribution is 2.27. The van der Waals surface area contributed by atoms with Crippen LogP contribution < -0.4 is 5.32 Å². The SMILES string of the molecule is CCNC(c1ccc(C(C)C)cc1)c1ccccc1CC. The lowest BCUT2D eigenvalue weighted by atomic mass is 9.91. The van der Waals surface area contributed by atoms with Gasteiger partial charge in [0.25, 0.3) is 0 Å². The number of benzene rings is 2. The molecule has 112 valence electrons. The highest BCUT2D eigenvalue weighted by atomic mass is 14.9. The maximum absolute atomic E-state index is 3.64. The summed E-state index contributed by atoms with van der Waals surface area (Å²) in [4.78, 5) is 0. The molecule has 2 aromatic rings. The van der Waals surface area contributed by atoms with Crippen molar-refractivity contribution >= 4 is 0 Å². The molecule has 0 amide bonds. The summed E-state index contributed by atoms with van der Waals surface area (Å²) in [5, 5.41) is 3.64. The minimum absolute atomic E-state index is 0.285. The van der Waals surface area contributed by atoms with E-state index in [9.17, 15) is 0 Å². The van der Waals surface area contributed by atoms with Crippen LogP contribution in [0.2, 0.25) is 0 Å². The van der Waals surface area contributed by atoms with Gasteiger partial charge in [-0.2, -0.15) is 0 Å². The van der Waals surface area contributed by atoms with Crippen molar-refractivity contribution in [2.24, 2.45) is 0 Å². The first-order valence-corrected chi connectivity index (χ1v) is 8.08. The first-order chi connectivity index (χ1) is 10.2. The van der Waals surface area contributed by atoms with Gasteiger partial charge < -0.3 is 5.32 Å². The Morgan fingerprint density at radius 1 is 0.857 bits per heavy atom. The molecule has 1 atom stereocenters. The zero-order valence-corrected chi connectivity index (χ0v) is 13.7. The van der Waals surface area contributed by atoms with Gasteiger partial charge in [-0.25, -0.2) is 0 Å². The van der Waals surface area contributed by atoms with Crippen LogP contribution in [0.5, 0.6) is 0 Å². The molecule has 21 heavy (non-hydrogen) atoms. The minimum Gasteiger partial charge on any atom is -0.307 e. The number of rotatable bonds is 6. The topological polar surface area (TPSA) is 12.0 Å². The Balaban J connectivity index is 2.38. The molecule has 0 saturated heterocycles. The number of hydrogen-bond donors (Lipinski definition) is 1. The van der Waals surface area contributed by atoms with E-state index in [2.05, 4.69) is 81.5 Å². The highest BCUT2D eigenvalue weighted by Gasteiger charge is 2.15. The van der Waals surface area contributed by atoms with Gasteiger partial charge in [-0.3, -0.25) is 0 Å². The van der Waals surface area contributed by atoms with E-state index in [4.69, 9.17) is 0 Å². The maximum atomic E-state index is 3.64. The Morgan fingerprint density at radius 2 is 1.48 bits per heavy atom. The second kappa shape index (κ2) is 7.42. The van der Waals surface area contributed by atoms with Crippen LogP contribution in [0.15, 0.2) is 48.5 Å². The molecule has 0 spiro atoms. The van der Waals surface area contributed by atoms with Crippen LogP contribution in [0, 0.1) is 0 Å². The molecular formula is C20H27N. The molecule has 1 N–H and O–H groups in total. The molecule has 0 bridgehead atoms. The van der Waals surface area contributed by atoms with E-state index in [1.807, 2.05) is 0 Å². The largest absolute Gasteiger partial charge is 0.307 e. The monoisotopic (exact) mass is 281 g/mol. The summed E-state index contributed by atoms with van der Waals surface area (Å²) in [5.41, 5.74) is 5.58. The van der Waals surface area contributed by atoms with Crippen LogP contribution in [-0.2, 0) is 6.42 Å². The molecule has 0 saturated carbocycles. The zero-order valence-electron chi connectivity index (χ0n) is 13.7. The van der Waals surface area contributed by atoms with Gasteiger partial charge in [0.2, 0.25) is 0 Å². The van der Waals surface area contributed by atoms with E-state index in [0.29, 0.717) is 5.92 Å². The second-order valence-electron chi connectivity index (χ2n) is 5.86. The van der Waals surface area contributed by atoms with Crippen molar-refractivity contribution in [3.8, 4) is 0 Å². The highest BCUT2D eigenvalue weighted by molar-refractivity contribution is 5.38. The molecule has 0 aliphatic carbocycles. The summed E-state index contributed by atoms with van der Waals surface area (Å²) in [6.07, 6.45) is 1.07. The van der Waals surface area contributed by atoms with Crippen LogP contribution in [0.3, 0.4) is 0 Å². The molecule has 1 unspecified atom stereocenters. The fourth-order valence-electron chi connectivity index (χ4n) is 2.82. The summed E-state index contributed by atoms with van der Waals surface area (Å²) in [5.74, 6) is 0.583. The average molecular weight is 281 g/mol. The van der Waals surface area contributed by atoms with Gasteiger partial charge >= 0.3 is 0 Å². The van der Waals surface area contributed by atoms with Crippen molar-refractivity contribution in [2.75, 3.05) is 6.54 Å². The van der Waals surface area contributed by atoms with Crippen molar-refractivity contribution in [3.63, 3.8) is 0 Å². The molecule has 2 rings (SSSR count). The van der Waals surface area contributed by atoms with Gasteiger partial charge in [-0.05, 0) is 41.1 Å². The molecule has 2 aromatic carbocycles. The fourth-order valence-corrected chi connectivity index (χ4v) is 2.82. The Hall–Kier alpha value is -1.60. The summed E-state index contributed by atoms with van der Waals surface area (Å²) in [7, 11) is 0. The summed E-state index contributed by atoms with van der Waals surface area (Å²) < 4.78 is 0. The standard InChI is InChI=1S/C20H27N/c1-5-16-9-7-8-10-19(16)20(21-6-2)18-13-11-17(12-14-18)15(3)4/h7-15,20-21H,5-6H2,1-4H3. The smallest absolute Gasteiger partial charge is 0.0579 e. The van der Waals surface area contributed by atoms with E-state index < -0.39 is 0 Å². The molecule has 1 heteroatoms. The van der Waals surface area contributed by atoms with Crippen LogP contribution in [0.4, 0.5) is 0 Å². The first kappa shape index (κ1) is 15.8. The normalized spacial score (nSPS) is 12.6. The van der Waals surface area contributed by atoms with Gasteiger partial charge in [0.1, 0.15) is 0 Å². The maximum Gasteiger partial charge on any atom is 0.0579 e. The van der Waals surface area contributed by atoms with Crippen LogP contribution in [0.25, 0.3) is 0 Å². The van der Waals surface area contributed by atoms with Crippen LogP contribution >= 0.6 is 0 Å². The van der Waals surface area contributed by atoms with Crippen molar-refractivity contribution in [1.82, 2.24) is 5.32 Å². The molecule has 1 nitrogen and oxygen atoms in total. The van der Waals surface area contributed by atoms with E-state index >= 15 is 0 Å². The molecule has 0 aliphatic rings. The quantitative estimate of drug-likeness (QED) is 0.779. The average Bonchev–Trinajstić information content (AvgIpc) is 2.52. The minimum atomic E-state index is 0.285. The number of nitrogens with one attached hydrogen (secondary N) is 1. The van der Waals surface area contributed by atoms with Gasteiger partial charge in [-0.15, -0.1) is 0 Å². The molecule has 0 aliphatic heterocycles. The Labute approximate surface area is 129 Å². The predicted octanol–water partition coefficient (Wildman–Crippen LogP) is 5.07. The second-order valence-corrected chi connectivity index (χ2v) is 5.86. The molecule has 0 heterocycles. The Morgan fingerprint density at radius 3 is 2.05 bits per heavy atom. The zero-order chi connectivity index (χ0) is 15.2. The lowest BCUT2D eigenvalue weighted by Gasteiger charge is -2.22. The lowest BCUT2D eigenvalue weighted by molar-refractivity contribution is 0.625. The Bertz CT molecular complexity index is 554. The van der Waals surface area contributed by atoms with Crippen molar-refractivity contribution in [3.05, 3.63) is 70.8 Å². The van der Waals surface area contributed by atoms with E-state index in [-0.39, 0.29) is 6.04 Å². The lowest BCUT2D eigenvalue weighted by Crippen LogP contribution is -2.23. The Kier molecular flexibility index (Phi) is 5.58. The summed E-state index contributed by atoms with van der Waals surface area (Å²) >= 11 is 0. The van der Waals surface area contributed by atoms with Gasteiger partial charge in [0.15, 0.2) is 0 Å². The van der Waals surface area contributed by atoms with Gasteiger partial charge in [-0.1, -0.05) is 76.2 Å². The van der Waals surface area contributed by atoms with Crippen molar-refractivity contribution < 1.29 is 0 Å². The third-order valence-electron chi connectivity index (χ3n) is 4.09. The number of hydrogen-bond acceptors (Lipinski definition) is 1. The molecule has 0 aromatic heterocycles. The number of aryl methyl sites for hydroxylation is 1. The van der Waals surface area contributed by atoms with Gasteiger partial charge in [0, 0.05) is 0 Å². The molecule has 0 fully saturated rings. The summed E-state index contributed by atoms with van der Waals surface area (Å²) in [6, 6.07) is 18.1. The fraction of sp³-hybridized carbons (Fsp3) is 0.400. The third-order valence-corrected chi connectivity index (χ3v) is 4.09. The predicted molar refractivity (Wildman–Crippen MR) is 91.9 cm³/mol. The summed E-state index contributed by atoms with van der Waals surface area (Å²) in [6.45, 7) is 9.84. The third kappa shape index (κ3) is 3.74. The van der Waals surface area contributed by atoms with E-state index in [1.54, 1.807) is 0 Å². The van der Waals surface area contributed by atoms with Crippen molar-refractivity contribution in [2.45, 2.75) is 46.1 Å². The van der Waals surface area contributed by atoms with Crippen LogP contribution in [-0.4, -0.2) is 6.54 Å². The van der Waals surface area contributed by atoms with Crippen LogP contribution in [0.1, 0.15) is 61.9 Å².